The Labute approximate surface area is 111 Å². The Bertz CT molecular complexity index is 475. The minimum Gasteiger partial charge on any atom is -0.465 e. The number of rotatable bonds is 5. The second kappa shape index (κ2) is 6.68. The van der Waals surface area contributed by atoms with Gasteiger partial charge >= 0.3 is 11.9 Å². The van der Waals surface area contributed by atoms with Crippen molar-refractivity contribution in [3.05, 3.63) is 29.8 Å². The first-order valence-corrected chi connectivity index (χ1v) is 5.91. The zero-order valence-electron chi connectivity index (χ0n) is 11.1. The molecule has 1 aromatic rings. The van der Waals surface area contributed by atoms with Crippen molar-refractivity contribution in [1.29, 1.82) is 0 Å². The summed E-state index contributed by atoms with van der Waals surface area (Å²) < 4.78 is 9.75. The first kappa shape index (κ1) is 14.9. The van der Waals surface area contributed by atoms with Crippen LogP contribution in [0.5, 0.6) is 5.75 Å². The zero-order chi connectivity index (χ0) is 14.4. The van der Waals surface area contributed by atoms with Gasteiger partial charge in [-0.2, -0.15) is 0 Å². The van der Waals surface area contributed by atoms with Crippen molar-refractivity contribution in [3.63, 3.8) is 0 Å². The summed E-state index contributed by atoms with van der Waals surface area (Å²) in [6, 6.07) is 6.21. The van der Waals surface area contributed by atoms with Crippen LogP contribution in [0.4, 0.5) is 0 Å². The molecular formula is C14H16O5. The van der Waals surface area contributed by atoms with Crippen LogP contribution in [-0.2, 0) is 19.1 Å². The summed E-state index contributed by atoms with van der Waals surface area (Å²) in [6.07, 6.45) is 0. The lowest BCUT2D eigenvalue weighted by molar-refractivity contribution is -0.147. The Kier molecular flexibility index (Phi) is 5.23. The fraction of sp³-hybridized carbons (Fsp3) is 0.357. The van der Waals surface area contributed by atoms with Gasteiger partial charge in [0.2, 0.25) is 0 Å². The van der Waals surface area contributed by atoms with E-state index in [4.69, 9.17) is 9.47 Å². The number of benzene rings is 1. The third-order valence-corrected chi connectivity index (χ3v) is 2.40. The summed E-state index contributed by atoms with van der Waals surface area (Å²) in [5.74, 6) is -1.87. The molecule has 0 N–H and O–H groups in total. The summed E-state index contributed by atoms with van der Waals surface area (Å²) in [7, 11) is 0. The number of hydrogen-bond donors (Lipinski definition) is 0. The molecule has 0 bridgehead atoms. The molecule has 0 saturated carbocycles. The van der Waals surface area contributed by atoms with Crippen molar-refractivity contribution >= 4 is 17.7 Å². The van der Waals surface area contributed by atoms with Crippen molar-refractivity contribution in [2.75, 3.05) is 6.61 Å². The van der Waals surface area contributed by atoms with Gasteiger partial charge in [0.15, 0.2) is 0 Å². The summed E-state index contributed by atoms with van der Waals surface area (Å²) >= 11 is 0. The smallest absolute Gasteiger partial charge is 0.320 e. The summed E-state index contributed by atoms with van der Waals surface area (Å²) in [4.78, 5) is 34.0. The lowest BCUT2D eigenvalue weighted by Crippen LogP contribution is -2.22. The molecule has 1 rings (SSSR count). The molecule has 0 heterocycles. The van der Waals surface area contributed by atoms with Crippen molar-refractivity contribution < 1.29 is 23.9 Å². The monoisotopic (exact) mass is 264 g/mol. The molecule has 0 aliphatic rings. The van der Waals surface area contributed by atoms with Gasteiger partial charge < -0.3 is 9.47 Å². The van der Waals surface area contributed by atoms with E-state index in [1.807, 2.05) is 0 Å². The summed E-state index contributed by atoms with van der Waals surface area (Å²) in [5, 5.41) is 0. The lowest BCUT2D eigenvalue weighted by Gasteiger charge is -2.13. The number of carbonyl (C=O) groups excluding carboxylic acids is 3. The van der Waals surface area contributed by atoms with Crippen LogP contribution in [0.2, 0.25) is 0 Å². The van der Waals surface area contributed by atoms with Crippen LogP contribution in [0.15, 0.2) is 24.3 Å². The van der Waals surface area contributed by atoms with Crippen molar-refractivity contribution in [2.24, 2.45) is 0 Å². The largest absolute Gasteiger partial charge is 0.465 e. The molecule has 0 amide bonds. The number of esters is 2. The fourth-order valence-electron chi connectivity index (χ4n) is 1.66. The van der Waals surface area contributed by atoms with E-state index < -0.39 is 17.9 Å². The number of ether oxygens (including phenoxy) is 2. The molecule has 1 unspecified atom stereocenters. The highest BCUT2D eigenvalue weighted by molar-refractivity contribution is 6.03. The van der Waals surface area contributed by atoms with Crippen LogP contribution >= 0.6 is 0 Å². The van der Waals surface area contributed by atoms with Gasteiger partial charge in [-0.25, -0.2) is 0 Å². The lowest BCUT2D eigenvalue weighted by atomic mass is 9.95. The maximum Gasteiger partial charge on any atom is 0.320 e. The average Bonchev–Trinajstić information content (AvgIpc) is 2.31. The predicted octanol–water partition coefficient (Wildman–Crippen LogP) is 1.85. The number of Topliss-reactive ketones (excluding diaryl/α,β-unsaturated/α-hetero) is 1. The van der Waals surface area contributed by atoms with Gasteiger partial charge in [-0.05, 0) is 31.5 Å². The van der Waals surface area contributed by atoms with E-state index in [0.29, 0.717) is 11.3 Å². The van der Waals surface area contributed by atoms with Gasteiger partial charge in [0.05, 0.1) is 6.61 Å². The molecule has 102 valence electrons. The average molecular weight is 264 g/mol. The van der Waals surface area contributed by atoms with E-state index in [1.54, 1.807) is 19.1 Å². The minimum atomic E-state index is -0.939. The van der Waals surface area contributed by atoms with Gasteiger partial charge in [0, 0.05) is 6.92 Å². The standard InChI is InChI=1S/C14H16O5/c1-4-18-14(17)13(9(2)15)11-5-7-12(8-6-11)19-10(3)16/h5-8,13H,4H2,1-3H3. The van der Waals surface area contributed by atoms with E-state index in [2.05, 4.69) is 0 Å². The third-order valence-electron chi connectivity index (χ3n) is 2.40. The van der Waals surface area contributed by atoms with Gasteiger partial charge in [-0.1, -0.05) is 12.1 Å². The molecular weight excluding hydrogens is 248 g/mol. The Morgan fingerprint density at radius 2 is 1.68 bits per heavy atom. The topological polar surface area (TPSA) is 69.7 Å². The SMILES string of the molecule is CCOC(=O)C(C(C)=O)c1ccc(OC(C)=O)cc1. The third kappa shape index (κ3) is 4.21. The van der Waals surface area contributed by atoms with Crippen LogP contribution in [0.3, 0.4) is 0 Å². The molecule has 0 radical (unpaired) electrons. The van der Waals surface area contributed by atoms with Gasteiger partial charge in [-0.3, -0.25) is 14.4 Å². The van der Waals surface area contributed by atoms with Crippen molar-refractivity contribution in [2.45, 2.75) is 26.7 Å². The Morgan fingerprint density at radius 1 is 1.11 bits per heavy atom. The number of carbonyl (C=O) groups is 3. The Morgan fingerprint density at radius 3 is 2.11 bits per heavy atom. The minimum absolute atomic E-state index is 0.216. The molecule has 0 saturated heterocycles. The maximum atomic E-state index is 11.7. The van der Waals surface area contributed by atoms with Crippen LogP contribution < -0.4 is 4.74 Å². The van der Waals surface area contributed by atoms with E-state index in [9.17, 15) is 14.4 Å². The Hall–Kier alpha value is -2.17. The van der Waals surface area contributed by atoms with E-state index in [1.165, 1.54) is 26.0 Å². The molecule has 0 spiro atoms. The second-order valence-corrected chi connectivity index (χ2v) is 3.96. The maximum absolute atomic E-state index is 11.7. The van der Waals surface area contributed by atoms with Gasteiger partial charge in [0.25, 0.3) is 0 Å². The van der Waals surface area contributed by atoms with Crippen molar-refractivity contribution in [1.82, 2.24) is 0 Å². The number of hydrogen-bond acceptors (Lipinski definition) is 5. The molecule has 0 aliphatic heterocycles. The highest BCUT2D eigenvalue weighted by Crippen LogP contribution is 2.22. The molecule has 5 nitrogen and oxygen atoms in total. The van der Waals surface area contributed by atoms with Crippen LogP contribution in [0.1, 0.15) is 32.3 Å². The normalized spacial score (nSPS) is 11.5. The van der Waals surface area contributed by atoms with Crippen LogP contribution in [-0.4, -0.2) is 24.3 Å². The molecule has 1 aromatic carbocycles. The molecule has 19 heavy (non-hydrogen) atoms. The molecule has 0 fully saturated rings. The highest BCUT2D eigenvalue weighted by atomic mass is 16.5. The molecule has 0 aromatic heterocycles. The fourth-order valence-corrected chi connectivity index (χ4v) is 1.66. The van der Waals surface area contributed by atoms with Crippen LogP contribution in [0.25, 0.3) is 0 Å². The quantitative estimate of drug-likeness (QED) is 0.461. The second-order valence-electron chi connectivity index (χ2n) is 3.96. The summed E-state index contributed by atoms with van der Waals surface area (Å²) in [5.41, 5.74) is 0.516. The molecule has 5 heteroatoms. The molecule has 0 aliphatic carbocycles. The zero-order valence-corrected chi connectivity index (χ0v) is 11.1. The number of ketones is 1. The van der Waals surface area contributed by atoms with E-state index in [0.717, 1.165) is 0 Å². The summed E-state index contributed by atoms with van der Waals surface area (Å²) in [6.45, 7) is 4.53. The molecule has 1 atom stereocenters. The predicted molar refractivity (Wildman–Crippen MR) is 67.8 cm³/mol. The Balaban J connectivity index is 2.95. The first-order valence-electron chi connectivity index (χ1n) is 5.91. The van der Waals surface area contributed by atoms with E-state index in [-0.39, 0.29) is 12.4 Å². The van der Waals surface area contributed by atoms with Crippen molar-refractivity contribution in [3.8, 4) is 5.75 Å². The van der Waals surface area contributed by atoms with Gasteiger partial charge in [0.1, 0.15) is 17.5 Å². The first-order chi connectivity index (χ1) is 8.95. The van der Waals surface area contributed by atoms with E-state index >= 15 is 0 Å². The van der Waals surface area contributed by atoms with Gasteiger partial charge in [-0.15, -0.1) is 0 Å². The highest BCUT2D eigenvalue weighted by Gasteiger charge is 2.26. The van der Waals surface area contributed by atoms with Crippen LogP contribution in [0, 0.1) is 0 Å².